The number of nitrogens with one attached hydrogen (secondary N) is 2. The highest BCUT2D eigenvalue weighted by atomic mass is 16.6. The lowest BCUT2D eigenvalue weighted by Gasteiger charge is -2.30. The Kier molecular flexibility index (Phi) is 3.72. The Balaban J connectivity index is 2.03. The maximum Gasteiger partial charge on any atom is 0.272 e. The smallest absolute Gasteiger partial charge is 0.272 e. The fourth-order valence-corrected chi connectivity index (χ4v) is 2.44. The SMILES string of the molecule is Nc1cc[n+](Cc2cc([N+](=O)[O-])cc3c2NC(O)C(O)N3)cc1. The molecule has 2 heterocycles. The molecule has 2 atom stereocenters. The topological polar surface area (TPSA) is 138 Å². The van der Waals surface area contributed by atoms with Gasteiger partial charge in [0, 0.05) is 35.5 Å². The van der Waals surface area contributed by atoms with Gasteiger partial charge in [-0.15, -0.1) is 0 Å². The number of hydrogen-bond acceptors (Lipinski definition) is 7. The Morgan fingerprint density at radius 3 is 2.52 bits per heavy atom. The van der Waals surface area contributed by atoms with Crippen LogP contribution in [0.2, 0.25) is 0 Å². The van der Waals surface area contributed by atoms with Crippen LogP contribution in [-0.4, -0.2) is 27.6 Å². The van der Waals surface area contributed by atoms with E-state index in [2.05, 4.69) is 10.6 Å². The summed E-state index contributed by atoms with van der Waals surface area (Å²) in [7, 11) is 0. The molecule has 0 saturated heterocycles. The van der Waals surface area contributed by atoms with E-state index in [0.717, 1.165) is 0 Å². The van der Waals surface area contributed by atoms with Gasteiger partial charge in [0.05, 0.1) is 16.3 Å². The van der Waals surface area contributed by atoms with Gasteiger partial charge < -0.3 is 26.6 Å². The van der Waals surface area contributed by atoms with Gasteiger partial charge in [0.2, 0.25) is 0 Å². The van der Waals surface area contributed by atoms with E-state index in [1.165, 1.54) is 12.1 Å². The van der Waals surface area contributed by atoms with Crippen LogP contribution in [0.15, 0.2) is 36.7 Å². The zero-order valence-corrected chi connectivity index (χ0v) is 12.0. The molecule has 1 aliphatic heterocycles. The maximum atomic E-state index is 11.1. The third-order valence-electron chi connectivity index (χ3n) is 3.58. The molecule has 0 aliphatic carbocycles. The highest BCUT2D eigenvalue weighted by molar-refractivity contribution is 5.77. The second-order valence-electron chi connectivity index (χ2n) is 5.27. The van der Waals surface area contributed by atoms with Crippen LogP contribution in [0.1, 0.15) is 5.56 Å². The molecule has 0 radical (unpaired) electrons. The minimum atomic E-state index is -1.25. The van der Waals surface area contributed by atoms with Crippen molar-refractivity contribution in [2.45, 2.75) is 19.0 Å². The number of nitrogens with two attached hydrogens (primary N) is 1. The fourth-order valence-electron chi connectivity index (χ4n) is 2.44. The van der Waals surface area contributed by atoms with Gasteiger partial charge in [0.15, 0.2) is 31.4 Å². The predicted octanol–water partition coefficient (Wildman–Crippen LogP) is -0.0130. The van der Waals surface area contributed by atoms with Gasteiger partial charge in [-0.05, 0) is 0 Å². The molecule has 1 aromatic carbocycles. The number of nitro benzene ring substituents is 1. The molecule has 0 saturated carbocycles. The van der Waals surface area contributed by atoms with Crippen molar-refractivity contribution in [3.8, 4) is 0 Å². The van der Waals surface area contributed by atoms with Gasteiger partial charge in [0.25, 0.3) is 5.69 Å². The predicted molar refractivity (Wildman–Crippen MR) is 82.5 cm³/mol. The summed E-state index contributed by atoms with van der Waals surface area (Å²) in [6.07, 6.45) is 1.05. The summed E-state index contributed by atoms with van der Waals surface area (Å²) in [5.41, 5.74) is 7.63. The average molecular weight is 318 g/mol. The Hall–Kier alpha value is -2.91. The second kappa shape index (κ2) is 5.71. The summed E-state index contributed by atoms with van der Waals surface area (Å²) < 4.78 is 1.80. The van der Waals surface area contributed by atoms with Crippen molar-refractivity contribution >= 4 is 22.7 Å². The molecule has 6 N–H and O–H groups in total. The molecule has 0 bridgehead atoms. The summed E-state index contributed by atoms with van der Waals surface area (Å²) in [5, 5.41) is 35.9. The number of hydrogen-bond donors (Lipinski definition) is 5. The lowest BCUT2D eigenvalue weighted by molar-refractivity contribution is -0.688. The molecule has 9 heteroatoms. The monoisotopic (exact) mass is 318 g/mol. The van der Waals surface area contributed by atoms with Crippen molar-refractivity contribution in [1.29, 1.82) is 0 Å². The maximum absolute atomic E-state index is 11.1. The van der Waals surface area contributed by atoms with Crippen LogP contribution in [0, 0.1) is 10.1 Å². The third-order valence-corrected chi connectivity index (χ3v) is 3.58. The number of nitro groups is 1. The number of non-ortho nitro benzene ring substituents is 1. The van der Waals surface area contributed by atoms with Crippen molar-refractivity contribution in [3.63, 3.8) is 0 Å². The van der Waals surface area contributed by atoms with E-state index in [4.69, 9.17) is 5.73 Å². The summed E-state index contributed by atoms with van der Waals surface area (Å²) in [6.45, 7) is 0.335. The molecule has 2 aromatic rings. The normalized spacial score (nSPS) is 19.4. The van der Waals surface area contributed by atoms with Crippen molar-refractivity contribution < 1.29 is 19.7 Å². The van der Waals surface area contributed by atoms with Crippen molar-refractivity contribution in [2.75, 3.05) is 16.4 Å². The zero-order chi connectivity index (χ0) is 16.6. The van der Waals surface area contributed by atoms with Gasteiger partial charge in [0.1, 0.15) is 0 Å². The molecule has 9 nitrogen and oxygen atoms in total. The number of benzene rings is 1. The van der Waals surface area contributed by atoms with Gasteiger partial charge in [-0.3, -0.25) is 10.1 Å². The molecule has 0 spiro atoms. The lowest BCUT2D eigenvalue weighted by atomic mass is 10.1. The second-order valence-corrected chi connectivity index (χ2v) is 5.27. The molecule has 120 valence electrons. The van der Waals surface area contributed by atoms with E-state index in [1.54, 1.807) is 29.1 Å². The number of pyridine rings is 1. The Labute approximate surface area is 131 Å². The minimum absolute atomic E-state index is 0.104. The largest absolute Gasteiger partial charge is 0.398 e. The van der Waals surface area contributed by atoms with Crippen LogP contribution in [-0.2, 0) is 6.54 Å². The van der Waals surface area contributed by atoms with Crippen molar-refractivity contribution in [3.05, 3.63) is 52.3 Å². The average Bonchev–Trinajstić information content (AvgIpc) is 2.51. The number of nitrogen functional groups attached to an aromatic ring is 1. The summed E-state index contributed by atoms with van der Waals surface area (Å²) in [4.78, 5) is 10.6. The Morgan fingerprint density at radius 2 is 1.87 bits per heavy atom. The first-order chi connectivity index (χ1) is 10.9. The number of aromatic nitrogens is 1. The molecule has 23 heavy (non-hydrogen) atoms. The number of rotatable bonds is 3. The van der Waals surface area contributed by atoms with Crippen molar-refractivity contribution in [1.82, 2.24) is 0 Å². The molecule has 0 amide bonds. The van der Waals surface area contributed by atoms with Crippen LogP contribution < -0.4 is 20.9 Å². The third kappa shape index (κ3) is 3.00. The molecular weight excluding hydrogens is 302 g/mol. The van der Waals surface area contributed by atoms with Gasteiger partial charge in [-0.2, -0.15) is 0 Å². The number of fused-ring (bicyclic) bond motifs is 1. The first-order valence-corrected chi connectivity index (χ1v) is 6.89. The highest BCUT2D eigenvalue weighted by Gasteiger charge is 2.28. The van der Waals surface area contributed by atoms with E-state index in [1.807, 2.05) is 0 Å². The number of aliphatic hydroxyl groups is 2. The first kappa shape index (κ1) is 15.0. The molecule has 3 rings (SSSR count). The van der Waals surface area contributed by atoms with Crippen LogP contribution >= 0.6 is 0 Å². The molecule has 0 fully saturated rings. The highest BCUT2D eigenvalue weighted by Crippen LogP contribution is 2.35. The number of aliphatic hydroxyl groups excluding tert-OH is 2. The van der Waals surface area contributed by atoms with Gasteiger partial charge >= 0.3 is 0 Å². The van der Waals surface area contributed by atoms with Crippen LogP contribution in [0.3, 0.4) is 0 Å². The quantitative estimate of drug-likeness (QED) is 0.305. The Morgan fingerprint density at radius 1 is 1.22 bits per heavy atom. The number of anilines is 3. The minimum Gasteiger partial charge on any atom is -0.398 e. The van der Waals surface area contributed by atoms with E-state index < -0.39 is 17.4 Å². The van der Waals surface area contributed by atoms with E-state index in [-0.39, 0.29) is 5.69 Å². The molecule has 1 aromatic heterocycles. The fraction of sp³-hybridized carbons (Fsp3) is 0.214. The van der Waals surface area contributed by atoms with Crippen molar-refractivity contribution in [2.24, 2.45) is 0 Å². The van der Waals surface area contributed by atoms with Crippen LogP contribution in [0.25, 0.3) is 0 Å². The summed E-state index contributed by atoms with van der Waals surface area (Å²) >= 11 is 0. The first-order valence-electron chi connectivity index (χ1n) is 6.89. The van der Waals surface area contributed by atoms with E-state index >= 15 is 0 Å². The Bertz CT molecular complexity index is 750. The van der Waals surface area contributed by atoms with Crippen LogP contribution in [0.5, 0.6) is 0 Å². The molecular formula is C14H16N5O4+. The van der Waals surface area contributed by atoms with E-state index in [9.17, 15) is 20.3 Å². The lowest BCUT2D eigenvalue weighted by Crippen LogP contribution is -2.43. The van der Waals surface area contributed by atoms with E-state index in [0.29, 0.717) is 29.2 Å². The molecule has 1 aliphatic rings. The molecule has 2 unspecified atom stereocenters. The van der Waals surface area contributed by atoms with Gasteiger partial charge in [-0.1, -0.05) is 0 Å². The standard InChI is InChI=1S/C14H15N5O4/c15-9-1-3-18(4-2-9)7-8-5-10(19(22)23)6-11-12(8)17-14(21)13(20)16-11/h1-6,13-17,20-21H,7H2/p+1. The number of nitrogens with zero attached hydrogens (tertiary/aromatic N) is 2. The summed E-state index contributed by atoms with van der Waals surface area (Å²) in [5.74, 6) is 0. The zero-order valence-electron chi connectivity index (χ0n) is 12.0. The summed E-state index contributed by atoms with van der Waals surface area (Å²) in [6, 6.07) is 6.18. The van der Waals surface area contributed by atoms with Gasteiger partial charge in [-0.25, -0.2) is 4.57 Å². The van der Waals surface area contributed by atoms with Crippen LogP contribution in [0.4, 0.5) is 22.7 Å².